The van der Waals surface area contributed by atoms with Crippen LogP contribution >= 0.6 is 11.6 Å². The lowest BCUT2D eigenvalue weighted by Crippen LogP contribution is -2.47. The number of rotatable bonds is 1. The SMILES string of the molecule is Cc1ccc2c(c1)C1CN(C)CCC1N2C(=O)c1cc(Cl)ccc1F. The predicted molar refractivity (Wildman–Crippen MR) is 98.0 cm³/mol. The molecule has 2 aromatic carbocycles. The average Bonchev–Trinajstić information content (AvgIpc) is 2.89. The van der Waals surface area contributed by atoms with Gasteiger partial charge in [0, 0.05) is 29.2 Å². The van der Waals surface area contributed by atoms with Crippen molar-refractivity contribution < 1.29 is 9.18 Å². The molecule has 130 valence electrons. The van der Waals surface area contributed by atoms with Crippen molar-refractivity contribution in [1.82, 2.24) is 4.90 Å². The van der Waals surface area contributed by atoms with Crippen LogP contribution in [0, 0.1) is 12.7 Å². The largest absolute Gasteiger partial charge is 0.306 e. The van der Waals surface area contributed by atoms with E-state index in [4.69, 9.17) is 11.6 Å². The van der Waals surface area contributed by atoms with Crippen molar-refractivity contribution in [1.29, 1.82) is 0 Å². The Kier molecular flexibility index (Phi) is 4.05. The number of hydrogen-bond acceptors (Lipinski definition) is 2. The van der Waals surface area contributed by atoms with Crippen molar-refractivity contribution >= 4 is 23.2 Å². The fourth-order valence-electron chi connectivity index (χ4n) is 4.14. The molecule has 0 saturated carbocycles. The molecule has 0 aromatic heterocycles. The van der Waals surface area contributed by atoms with Crippen molar-refractivity contribution in [2.45, 2.75) is 25.3 Å². The Balaban J connectivity index is 1.81. The summed E-state index contributed by atoms with van der Waals surface area (Å²) in [4.78, 5) is 17.3. The third-order valence-corrected chi connectivity index (χ3v) is 5.57. The molecule has 0 aliphatic carbocycles. The number of fused-ring (bicyclic) bond motifs is 3. The number of amides is 1. The predicted octanol–water partition coefficient (Wildman–Crippen LogP) is 4.24. The van der Waals surface area contributed by atoms with Crippen LogP contribution in [0.3, 0.4) is 0 Å². The quantitative estimate of drug-likeness (QED) is 0.761. The van der Waals surface area contributed by atoms with Gasteiger partial charge in [-0.25, -0.2) is 4.39 Å². The first kappa shape index (κ1) is 16.6. The van der Waals surface area contributed by atoms with Crippen molar-refractivity contribution in [3.63, 3.8) is 0 Å². The lowest BCUT2D eigenvalue weighted by molar-refractivity contribution is 0.0961. The first-order valence-electron chi connectivity index (χ1n) is 8.53. The first-order valence-corrected chi connectivity index (χ1v) is 8.91. The minimum absolute atomic E-state index is 0.0404. The van der Waals surface area contributed by atoms with E-state index in [1.54, 1.807) is 4.90 Å². The number of benzene rings is 2. The molecule has 2 aliphatic rings. The average molecular weight is 359 g/mol. The number of likely N-dealkylation sites (tertiary alicyclic amines) is 1. The highest BCUT2D eigenvalue weighted by atomic mass is 35.5. The highest BCUT2D eigenvalue weighted by Crippen LogP contribution is 2.45. The molecule has 2 aromatic rings. The van der Waals surface area contributed by atoms with E-state index in [9.17, 15) is 9.18 Å². The van der Waals surface area contributed by atoms with Crippen molar-refractivity contribution in [2.24, 2.45) is 0 Å². The van der Waals surface area contributed by atoms with E-state index >= 15 is 0 Å². The second kappa shape index (κ2) is 6.11. The zero-order valence-electron chi connectivity index (χ0n) is 14.3. The molecule has 1 fully saturated rings. The zero-order valence-corrected chi connectivity index (χ0v) is 15.1. The maximum absolute atomic E-state index is 14.3. The highest BCUT2D eigenvalue weighted by molar-refractivity contribution is 6.31. The van der Waals surface area contributed by atoms with Crippen LogP contribution in [-0.2, 0) is 0 Å². The van der Waals surface area contributed by atoms with Crippen LogP contribution in [0.1, 0.15) is 33.8 Å². The molecule has 2 unspecified atom stereocenters. The first-order chi connectivity index (χ1) is 12.0. The Morgan fingerprint density at radius 2 is 2.04 bits per heavy atom. The minimum Gasteiger partial charge on any atom is -0.306 e. The normalized spacial score (nSPS) is 22.6. The Labute approximate surface area is 152 Å². The number of anilines is 1. The smallest absolute Gasteiger partial charge is 0.261 e. The Hall–Kier alpha value is -1.91. The molecule has 1 amide bonds. The molecule has 2 aliphatic heterocycles. The van der Waals surface area contributed by atoms with Gasteiger partial charge < -0.3 is 9.80 Å². The van der Waals surface area contributed by atoms with Crippen LogP contribution in [0.4, 0.5) is 10.1 Å². The number of halogens is 2. The van der Waals surface area contributed by atoms with Crippen LogP contribution in [0.5, 0.6) is 0 Å². The topological polar surface area (TPSA) is 23.6 Å². The standard InChI is InChI=1S/C20H20ClFN2O/c1-12-3-6-18-14(9-12)16-11-23(2)8-7-19(16)24(18)20(25)15-10-13(21)4-5-17(15)22/h3-6,9-10,16,19H,7-8,11H2,1-2H3. The van der Waals surface area contributed by atoms with E-state index in [0.29, 0.717) is 5.02 Å². The number of hydrogen-bond donors (Lipinski definition) is 0. The molecule has 0 spiro atoms. The van der Waals surface area contributed by atoms with Crippen LogP contribution in [0.2, 0.25) is 5.02 Å². The van der Waals surface area contributed by atoms with Gasteiger partial charge in [0.1, 0.15) is 5.82 Å². The molecule has 0 N–H and O–H groups in total. The number of nitrogens with zero attached hydrogens (tertiary/aromatic N) is 2. The van der Waals surface area contributed by atoms with E-state index in [1.807, 2.05) is 12.1 Å². The third-order valence-electron chi connectivity index (χ3n) is 5.33. The summed E-state index contributed by atoms with van der Waals surface area (Å²) in [6.07, 6.45) is 0.878. The Bertz CT molecular complexity index is 854. The lowest BCUT2D eigenvalue weighted by atomic mass is 9.88. The lowest BCUT2D eigenvalue weighted by Gasteiger charge is -2.36. The molecule has 25 heavy (non-hydrogen) atoms. The molecule has 4 rings (SSSR count). The summed E-state index contributed by atoms with van der Waals surface area (Å²) in [6, 6.07) is 10.4. The van der Waals surface area contributed by atoms with Crippen LogP contribution in [0.25, 0.3) is 0 Å². The maximum Gasteiger partial charge on any atom is 0.261 e. The summed E-state index contributed by atoms with van der Waals surface area (Å²) < 4.78 is 14.3. The summed E-state index contributed by atoms with van der Waals surface area (Å²) in [6.45, 7) is 3.89. The molecule has 3 nitrogen and oxygen atoms in total. The molecular weight excluding hydrogens is 339 g/mol. The second-order valence-corrected chi connectivity index (χ2v) is 7.52. The summed E-state index contributed by atoms with van der Waals surface area (Å²) in [5.74, 6) is -0.568. The van der Waals surface area contributed by atoms with Crippen LogP contribution in [0.15, 0.2) is 36.4 Å². The highest BCUT2D eigenvalue weighted by Gasteiger charge is 2.44. The molecule has 2 atom stereocenters. The van der Waals surface area contributed by atoms with Crippen LogP contribution < -0.4 is 4.90 Å². The molecule has 0 bridgehead atoms. The van der Waals surface area contributed by atoms with Crippen molar-refractivity contribution in [3.05, 3.63) is 63.9 Å². The van der Waals surface area contributed by atoms with E-state index in [1.165, 1.54) is 29.3 Å². The molecule has 5 heteroatoms. The van der Waals surface area contributed by atoms with Gasteiger partial charge in [0.15, 0.2) is 0 Å². The summed E-state index contributed by atoms with van der Waals surface area (Å²) in [5, 5.41) is 0.369. The molecule has 1 saturated heterocycles. The van der Waals surface area contributed by atoms with Gasteiger partial charge in [0.2, 0.25) is 0 Å². The Morgan fingerprint density at radius 3 is 2.84 bits per heavy atom. The van der Waals surface area contributed by atoms with Crippen LogP contribution in [-0.4, -0.2) is 37.0 Å². The van der Waals surface area contributed by atoms with Gasteiger partial charge in [-0.3, -0.25) is 4.79 Å². The fourth-order valence-corrected chi connectivity index (χ4v) is 4.31. The van der Waals surface area contributed by atoms with E-state index < -0.39 is 5.82 Å². The zero-order chi connectivity index (χ0) is 17.7. The number of carbonyl (C=O) groups excluding carboxylic acids is 1. The van der Waals surface area contributed by atoms with Gasteiger partial charge in [-0.15, -0.1) is 0 Å². The number of carbonyl (C=O) groups is 1. The molecular formula is C20H20ClFN2O. The van der Waals surface area contributed by atoms with E-state index in [-0.39, 0.29) is 23.4 Å². The summed E-state index contributed by atoms with van der Waals surface area (Å²) in [5.41, 5.74) is 3.31. The Morgan fingerprint density at radius 1 is 1.24 bits per heavy atom. The number of aryl methyl sites for hydroxylation is 1. The van der Waals surface area contributed by atoms with Gasteiger partial charge in [-0.2, -0.15) is 0 Å². The fraction of sp³-hybridized carbons (Fsp3) is 0.350. The molecule has 2 heterocycles. The van der Waals surface area contributed by atoms with Gasteiger partial charge >= 0.3 is 0 Å². The molecule has 0 radical (unpaired) electrons. The summed E-state index contributed by atoms with van der Waals surface area (Å²) in [7, 11) is 2.10. The van der Waals surface area contributed by atoms with E-state index in [2.05, 4.69) is 24.9 Å². The van der Waals surface area contributed by atoms with Gasteiger partial charge in [0.05, 0.1) is 5.56 Å². The second-order valence-electron chi connectivity index (χ2n) is 7.09. The van der Waals surface area contributed by atoms with Gasteiger partial charge in [-0.05, 0) is 56.8 Å². The monoisotopic (exact) mass is 358 g/mol. The van der Waals surface area contributed by atoms with Gasteiger partial charge in [-0.1, -0.05) is 29.3 Å². The maximum atomic E-state index is 14.3. The third kappa shape index (κ3) is 2.74. The van der Waals surface area contributed by atoms with Gasteiger partial charge in [0.25, 0.3) is 5.91 Å². The van der Waals surface area contributed by atoms with E-state index in [0.717, 1.165) is 25.2 Å². The minimum atomic E-state index is -0.528. The summed E-state index contributed by atoms with van der Waals surface area (Å²) >= 11 is 6.00. The van der Waals surface area contributed by atoms with Crippen molar-refractivity contribution in [2.75, 3.05) is 25.0 Å². The number of likely N-dealkylation sites (N-methyl/N-ethyl adjacent to an activating group) is 1. The van der Waals surface area contributed by atoms with Crippen molar-refractivity contribution in [3.8, 4) is 0 Å². The number of piperidine rings is 1.